The van der Waals surface area contributed by atoms with Gasteiger partial charge in [0.25, 0.3) is 0 Å². The number of hydrogen-bond acceptors (Lipinski definition) is 4. The van der Waals surface area contributed by atoms with Crippen molar-refractivity contribution >= 4 is 27.5 Å². The predicted octanol–water partition coefficient (Wildman–Crippen LogP) is 1.41. The molecule has 7 nitrogen and oxygen atoms in total. The smallest absolute Gasteiger partial charge is 0.241 e. The summed E-state index contributed by atoms with van der Waals surface area (Å²) in [5, 5.41) is 0. The minimum atomic E-state index is -3.78. The van der Waals surface area contributed by atoms with Gasteiger partial charge in [-0.05, 0) is 56.4 Å². The molecule has 2 aliphatic rings. The molecule has 0 unspecified atom stereocenters. The molecule has 0 spiro atoms. The number of hydrogen-bond donors (Lipinski definition) is 1. The second kappa shape index (κ2) is 7.75. The van der Waals surface area contributed by atoms with Crippen molar-refractivity contribution in [2.75, 3.05) is 31.1 Å². The van der Waals surface area contributed by atoms with Crippen molar-refractivity contribution in [2.24, 2.45) is 0 Å². The van der Waals surface area contributed by atoms with Gasteiger partial charge < -0.3 is 9.80 Å². The van der Waals surface area contributed by atoms with Crippen molar-refractivity contribution in [3.8, 4) is 0 Å². The fourth-order valence-electron chi connectivity index (χ4n) is 3.51. The molecule has 2 amide bonds. The number of aryl methyl sites for hydroxylation is 1. The monoisotopic (exact) mass is 379 g/mol. The summed E-state index contributed by atoms with van der Waals surface area (Å²) in [6.07, 6.45) is 4.39. The fourth-order valence-corrected chi connectivity index (χ4v) is 4.71. The molecular formula is C18H25N3O4S. The Morgan fingerprint density at radius 1 is 1.12 bits per heavy atom. The molecule has 8 heteroatoms. The van der Waals surface area contributed by atoms with Crippen LogP contribution in [0.4, 0.5) is 5.69 Å². The maximum atomic E-state index is 12.6. The van der Waals surface area contributed by atoms with E-state index in [0.29, 0.717) is 37.3 Å². The molecule has 0 radical (unpaired) electrons. The summed E-state index contributed by atoms with van der Waals surface area (Å²) in [6, 6.07) is 4.87. The van der Waals surface area contributed by atoms with Crippen LogP contribution in [-0.2, 0) is 19.6 Å². The largest absolute Gasteiger partial charge is 0.342 e. The fraction of sp³-hybridized carbons (Fsp3) is 0.556. The lowest BCUT2D eigenvalue weighted by atomic mass is 10.1. The van der Waals surface area contributed by atoms with Crippen LogP contribution in [0.2, 0.25) is 0 Å². The lowest BCUT2D eigenvalue weighted by Crippen LogP contribution is -2.42. The Hall–Kier alpha value is -1.93. The molecule has 1 aromatic rings. The number of nitrogens with zero attached hydrogens (tertiary/aromatic N) is 2. The number of sulfonamides is 1. The zero-order valence-corrected chi connectivity index (χ0v) is 15.8. The van der Waals surface area contributed by atoms with Gasteiger partial charge in [0.1, 0.15) is 0 Å². The van der Waals surface area contributed by atoms with Crippen molar-refractivity contribution in [3.63, 3.8) is 0 Å². The molecule has 142 valence electrons. The number of benzene rings is 1. The van der Waals surface area contributed by atoms with Gasteiger partial charge in [-0.1, -0.05) is 0 Å². The first-order valence-electron chi connectivity index (χ1n) is 9.07. The maximum Gasteiger partial charge on any atom is 0.241 e. The van der Waals surface area contributed by atoms with Crippen LogP contribution in [0.1, 0.15) is 37.7 Å². The van der Waals surface area contributed by atoms with Crippen LogP contribution in [-0.4, -0.2) is 51.3 Å². The first-order chi connectivity index (χ1) is 12.4. The molecule has 0 aliphatic carbocycles. The van der Waals surface area contributed by atoms with Crippen molar-refractivity contribution in [2.45, 2.75) is 43.9 Å². The van der Waals surface area contributed by atoms with Crippen LogP contribution in [0.25, 0.3) is 0 Å². The zero-order valence-electron chi connectivity index (χ0n) is 15.0. The van der Waals surface area contributed by atoms with Gasteiger partial charge in [-0.2, -0.15) is 0 Å². The highest BCUT2D eigenvalue weighted by molar-refractivity contribution is 7.89. The molecule has 2 heterocycles. The SMILES string of the molecule is Cc1cc(N2CCCC2=O)ccc1S(=O)(=O)NCC(=O)N1CCCCC1. The number of anilines is 1. The van der Waals surface area contributed by atoms with E-state index in [4.69, 9.17) is 0 Å². The molecule has 0 saturated carbocycles. The Morgan fingerprint density at radius 2 is 1.85 bits per heavy atom. The predicted molar refractivity (Wildman–Crippen MR) is 98.4 cm³/mol. The summed E-state index contributed by atoms with van der Waals surface area (Å²) < 4.78 is 27.6. The van der Waals surface area contributed by atoms with Gasteiger partial charge in [0.2, 0.25) is 21.8 Å². The molecule has 0 atom stereocenters. The van der Waals surface area contributed by atoms with Crippen LogP contribution >= 0.6 is 0 Å². The summed E-state index contributed by atoms with van der Waals surface area (Å²) >= 11 is 0. The highest BCUT2D eigenvalue weighted by Gasteiger charge is 2.25. The van der Waals surface area contributed by atoms with Crippen LogP contribution in [0, 0.1) is 6.92 Å². The van der Waals surface area contributed by atoms with E-state index in [-0.39, 0.29) is 23.3 Å². The standard InChI is InChI=1S/C18H25N3O4S/c1-14-12-15(21-11-5-6-17(21)22)7-8-16(14)26(24,25)19-13-18(23)20-9-3-2-4-10-20/h7-8,12,19H,2-6,9-11,13H2,1H3. The highest BCUT2D eigenvalue weighted by atomic mass is 32.2. The number of piperidine rings is 1. The summed E-state index contributed by atoms with van der Waals surface area (Å²) in [5.74, 6) is -0.129. The number of nitrogens with one attached hydrogen (secondary N) is 1. The maximum absolute atomic E-state index is 12.6. The molecule has 2 aliphatic heterocycles. The number of carbonyl (C=O) groups excluding carboxylic acids is 2. The molecule has 26 heavy (non-hydrogen) atoms. The van der Waals surface area contributed by atoms with E-state index < -0.39 is 10.0 Å². The van der Waals surface area contributed by atoms with Gasteiger partial charge in [-0.15, -0.1) is 0 Å². The molecule has 2 fully saturated rings. The number of carbonyl (C=O) groups is 2. The lowest BCUT2D eigenvalue weighted by Gasteiger charge is -2.26. The third-order valence-electron chi connectivity index (χ3n) is 4.96. The van der Waals surface area contributed by atoms with Crippen LogP contribution in [0.15, 0.2) is 23.1 Å². The lowest BCUT2D eigenvalue weighted by molar-refractivity contribution is -0.130. The molecule has 0 aromatic heterocycles. The van der Waals surface area contributed by atoms with Gasteiger partial charge in [0, 0.05) is 31.7 Å². The second-order valence-electron chi connectivity index (χ2n) is 6.86. The van der Waals surface area contributed by atoms with E-state index in [9.17, 15) is 18.0 Å². The first-order valence-corrected chi connectivity index (χ1v) is 10.6. The normalized spacial score (nSPS) is 18.4. The summed E-state index contributed by atoms with van der Waals surface area (Å²) in [6.45, 7) is 3.52. The summed E-state index contributed by atoms with van der Waals surface area (Å²) in [5.41, 5.74) is 1.27. The summed E-state index contributed by atoms with van der Waals surface area (Å²) in [4.78, 5) is 27.6. The van der Waals surface area contributed by atoms with E-state index in [2.05, 4.69) is 4.72 Å². The van der Waals surface area contributed by atoms with Crippen LogP contribution in [0.3, 0.4) is 0 Å². The number of likely N-dealkylation sites (tertiary alicyclic amines) is 1. The molecule has 0 bridgehead atoms. The number of rotatable bonds is 5. The minimum absolute atomic E-state index is 0.0604. The van der Waals surface area contributed by atoms with E-state index >= 15 is 0 Å². The van der Waals surface area contributed by atoms with E-state index in [0.717, 1.165) is 25.7 Å². The zero-order chi connectivity index (χ0) is 18.7. The van der Waals surface area contributed by atoms with Gasteiger partial charge in [-0.25, -0.2) is 13.1 Å². The van der Waals surface area contributed by atoms with Crippen molar-refractivity contribution < 1.29 is 18.0 Å². The molecule has 1 N–H and O–H groups in total. The topological polar surface area (TPSA) is 86.8 Å². The van der Waals surface area contributed by atoms with Gasteiger partial charge in [0.15, 0.2) is 0 Å². The quantitative estimate of drug-likeness (QED) is 0.838. The van der Waals surface area contributed by atoms with E-state index in [1.807, 2.05) is 0 Å². The highest BCUT2D eigenvalue weighted by Crippen LogP contribution is 2.25. The number of amides is 2. The Labute approximate surface area is 154 Å². The Morgan fingerprint density at radius 3 is 2.46 bits per heavy atom. The average Bonchev–Trinajstić information content (AvgIpc) is 3.06. The van der Waals surface area contributed by atoms with Gasteiger partial charge in [0.05, 0.1) is 11.4 Å². The van der Waals surface area contributed by atoms with E-state index in [1.165, 1.54) is 6.07 Å². The Bertz CT molecular complexity index is 801. The Balaban J connectivity index is 1.68. The van der Waals surface area contributed by atoms with Gasteiger partial charge >= 0.3 is 0 Å². The van der Waals surface area contributed by atoms with Crippen LogP contribution < -0.4 is 9.62 Å². The molecule has 3 rings (SSSR count). The minimum Gasteiger partial charge on any atom is -0.342 e. The molecule has 2 saturated heterocycles. The second-order valence-corrected chi connectivity index (χ2v) is 8.60. The third-order valence-corrected chi connectivity index (χ3v) is 6.52. The Kier molecular flexibility index (Phi) is 5.62. The van der Waals surface area contributed by atoms with Gasteiger partial charge in [-0.3, -0.25) is 9.59 Å². The van der Waals surface area contributed by atoms with Crippen molar-refractivity contribution in [1.29, 1.82) is 0 Å². The summed E-state index contributed by atoms with van der Waals surface area (Å²) in [7, 11) is -3.78. The third kappa shape index (κ3) is 4.07. The molecule has 1 aromatic carbocycles. The van der Waals surface area contributed by atoms with Crippen molar-refractivity contribution in [1.82, 2.24) is 9.62 Å². The van der Waals surface area contributed by atoms with Crippen molar-refractivity contribution in [3.05, 3.63) is 23.8 Å². The molecular weight excluding hydrogens is 354 g/mol. The average molecular weight is 379 g/mol. The van der Waals surface area contributed by atoms with Crippen LogP contribution in [0.5, 0.6) is 0 Å². The van der Waals surface area contributed by atoms with E-state index in [1.54, 1.807) is 28.9 Å². The first kappa shape index (κ1) is 18.8.